The van der Waals surface area contributed by atoms with Crippen LogP contribution in [-0.4, -0.2) is 26.6 Å². The Balaban J connectivity index is 1.44. The summed E-state index contributed by atoms with van der Waals surface area (Å²) in [6.45, 7) is 4.29. The van der Waals surface area contributed by atoms with Crippen LogP contribution in [0.15, 0.2) is 72.9 Å². The van der Waals surface area contributed by atoms with E-state index in [0.717, 1.165) is 11.3 Å². The third-order valence-electron chi connectivity index (χ3n) is 6.24. The highest BCUT2D eigenvalue weighted by Gasteiger charge is 2.25. The summed E-state index contributed by atoms with van der Waals surface area (Å²) in [6.07, 6.45) is -1.24. The molecule has 3 heterocycles. The number of nitrogens with two attached hydrogens (primary N) is 1. The van der Waals surface area contributed by atoms with Gasteiger partial charge in [-0.05, 0) is 46.9 Å². The van der Waals surface area contributed by atoms with Gasteiger partial charge in [0.15, 0.2) is 12.4 Å². The number of pyridine rings is 1. The number of hydrogen-bond acceptors (Lipinski definition) is 6. The summed E-state index contributed by atoms with van der Waals surface area (Å²) >= 11 is 0.844. The predicted molar refractivity (Wildman–Crippen MR) is 150 cm³/mol. The normalized spacial score (nSPS) is 11.3. The van der Waals surface area contributed by atoms with Crippen molar-refractivity contribution in [1.82, 2.24) is 14.8 Å². The largest absolute Gasteiger partial charge is 0.471 e. The van der Waals surface area contributed by atoms with Crippen molar-refractivity contribution in [3.8, 4) is 16.9 Å². The van der Waals surface area contributed by atoms with Gasteiger partial charge in [-0.2, -0.15) is 5.10 Å². The first-order valence-electron chi connectivity index (χ1n) is 12.4. The molecule has 0 saturated heterocycles. The van der Waals surface area contributed by atoms with Crippen molar-refractivity contribution in [2.24, 2.45) is 5.73 Å². The molecule has 2 aromatic carbocycles. The molecule has 0 aliphatic heterocycles. The van der Waals surface area contributed by atoms with Crippen LogP contribution < -0.4 is 15.8 Å². The van der Waals surface area contributed by atoms with Gasteiger partial charge in [-0.15, -0.1) is 11.3 Å². The average molecular weight is 562 g/mol. The molecule has 11 heteroatoms. The number of ether oxygens (including phenoxy) is 1. The van der Waals surface area contributed by atoms with Gasteiger partial charge in [0, 0.05) is 11.6 Å². The van der Waals surface area contributed by atoms with Crippen molar-refractivity contribution < 1.29 is 23.1 Å². The number of alkyl halides is 2. The molecular weight excluding hydrogens is 536 g/mol. The Bertz CT molecular complexity index is 1680. The summed E-state index contributed by atoms with van der Waals surface area (Å²) in [5, 5.41) is 7.34. The Kier molecular flexibility index (Phi) is 7.56. The van der Waals surface area contributed by atoms with Gasteiger partial charge in [0.25, 0.3) is 18.2 Å². The third-order valence-corrected chi connectivity index (χ3v) is 7.33. The zero-order chi connectivity index (χ0) is 28.4. The zero-order valence-corrected chi connectivity index (χ0v) is 22.4. The molecule has 0 atom stereocenters. The lowest BCUT2D eigenvalue weighted by atomic mass is 10.0. The molecule has 0 aliphatic carbocycles. The molecule has 0 unspecified atom stereocenters. The molecule has 0 fully saturated rings. The number of nitrogens with one attached hydrogen (secondary N) is 1. The highest BCUT2D eigenvalue weighted by molar-refractivity contribution is 7.21. The number of carbonyl (C=O) groups excluding carboxylic acids is 2. The second-order valence-corrected chi connectivity index (χ2v) is 10.3. The fraction of sp³-hybridized carbons (Fsp3) is 0.172. The summed E-state index contributed by atoms with van der Waals surface area (Å²) in [5.41, 5.74) is 7.52. The van der Waals surface area contributed by atoms with Crippen LogP contribution in [0.3, 0.4) is 0 Å². The number of carbonyl (C=O) groups is 2. The van der Waals surface area contributed by atoms with Crippen molar-refractivity contribution in [3.63, 3.8) is 0 Å². The maximum atomic E-state index is 13.7. The molecule has 2 amide bonds. The van der Waals surface area contributed by atoms with Gasteiger partial charge in [0.2, 0.25) is 0 Å². The number of fused-ring (bicyclic) bond motifs is 1. The Labute approximate surface area is 232 Å². The van der Waals surface area contributed by atoms with Gasteiger partial charge in [-0.1, -0.05) is 56.3 Å². The van der Waals surface area contributed by atoms with Crippen LogP contribution in [0.5, 0.6) is 5.75 Å². The second-order valence-electron chi connectivity index (χ2n) is 9.30. The number of anilines is 1. The number of rotatable bonds is 9. The third kappa shape index (κ3) is 5.55. The van der Waals surface area contributed by atoms with Crippen LogP contribution >= 0.6 is 11.3 Å². The molecule has 0 radical (unpaired) electrons. The quantitative estimate of drug-likeness (QED) is 0.210. The van der Waals surface area contributed by atoms with Gasteiger partial charge >= 0.3 is 0 Å². The summed E-state index contributed by atoms with van der Waals surface area (Å²) in [7, 11) is 0. The lowest BCUT2D eigenvalue weighted by molar-refractivity contribution is 0.100. The molecule has 0 spiro atoms. The van der Waals surface area contributed by atoms with E-state index in [1.165, 1.54) is 22.4 Å². The van der Waals surface area contributed by atoms with Gasteiger partial charge in [0.05, 0.1) is 5.69 Å². The number of amides is 2. The highest BCUT2D eigenvalue weighted by Crippen LogP contribution is 2.42. The van der Waals surface area contributed by atoms with E-state index in [1.54, 1.807) is 36.5 Å². The van der Waals surface area contributed by atoms with E-state index in [9.17, 15) is 18.4 Å². The van der Waals surface area contributed by atoms with Crippen molar-refractivity contribution in [3.05, 3.63) is 94.8 Å². The van der Waals surface area contributed by atoms with Crippen LogP contribution in [0.1, 0.15) is 57.6 Å². The molecule has 3 N–H and O–H groups in total. The number of nitrogens with zero attached hydrogens (tertiary/aromatic N) is 3. The first-order valence-corrected chi connectivity index (χ1v) is 13.2. The van der Waals surface area contributed by atoms with Gasteiger partial charge in [-0.25, -0.2) is 18.4 Å². The topological polar surface area (TPSA) is 112 Å². The fourth-order valence-corrected chi connectivity index (χ4v) is 5.20. The minimum atomic E-state index is -2.83. The van der Waals surface area contributed by atoms with Crippen molar-refractivity contribution in [2.45, 2.75) is 32.9 Å². The van der Waals surface area contributed by atoms with E-state index in [1.807, 2.05) is 24.3 Å². The molecule has 0 bridgehead atoms. The summed E-state index contributed by atoms with van der Waals surface area (Å²) in [5.74, 6) is -0.370. The zero-order valence-electron chi connectivity index (χ0n) is 21.6. The van der Waals surface area contributed by atoms with Gasteiger partial charge < -0.3 is 15.8 Å². The maximum absolute atomic E-state index is 13.7. The number of halogens is 2. The standard InChI is InChI=1S/C29H25F2N5O3S/c1-16(2)17-8-10-19(11-9-17)39-15-36-13-12-21(35-36)28(38)34-24-23-20(18-6-4-3-5-7-18)14-22(26(30)31)33-29(23)40-25(24)27(32)37/h3-14,16,26H,15H2,1-2H3,(H2,32,37)(H,34,38). The number of aromatic nitrogens is 3. The van der Waals surface area contributed by atoms with Crippen LogP contribution in [0.4, 0.5) is 14.5 Å². The Morgan fingerprint density at radius 2 is 1.80 bits per heavy atom. The minimum Gasteiger partial charge on any atom is -0.471 e. The number of thiophene rings is 1. The van der Waals surface area contributed by atoms with Crippen LogP contribution in [0.25, 0.3) is 21.3 Å². The summed E-state index contributed by atoms with van der Waals surface area (Å²) in [4.78, 5) is 29.8. The van der Waals surface area contributed by atoms with E-state index in [-0.39, 0.29) is 27.8 Å². The van der Waals surface area contributed by atoms with Crippen LogP contribution in [0, 0.1) is 0 Å². The smallest absolute Gasteiger partial charge is 0.280 e. The fourth-order valence-electron chi connectivity index (χ4n) is 4.19. The molecule has 204 valence electrons. The Morgan fingerprint density at radius 1 is 1.07 bits per heavy atom. The Hall–Kier alpha value is -4.64. The summed E-state index contributed by atoms with van der Waals surface area (Å²) in [6, 6.07) is 19.3. The molecule has 8 nitrogen and oxygen atoms in total. The SMILES string of the molecule is CC(C)c1ccc(OCn2ccc(C(=O)Nc3c(C(N)=O)sc4nc(C(F)F)cc(-c5ccccc5)c34)n2)cc1. The number of primary amides is 1. The van der Waals surface area contributed by atoms with Gasteiger partial charge in [-0.3, -0.25) is 9.59 Å². The highest BCUT2D eigenvalue weighted by atomic mass is 32.1. The van der Waals surface area contributed by atoms with Crippen molar-refractivity contribution >= 4 is 39.1 Å². The lowest BCUT2D eigenvalue weighted by Crippen LogP contribution is -2.17. The molecule has 0 aliphatic rings. The molecule has 5 rings (SSSR count). The molecule has 3 aromatic heterocycles. The first-order chi connectivity index (χ1) is 19.2. The number of hydrogen-bond donors (Lipinski definition) is 2. The maximum Gasteiger partial charge on any atom is 0.280 e. The van der Waals surface area contributed by atoms with E-state index in [4.69, 9.17) is 10.5 Å². The van der Waals surface area contributed by atoms with Crippen LogP contribution in [0.2, 0.25) is 0 Å². The molecular formula is C29H25F2N5O3S. The summed E-state index contributed by atoms with van der Waals surface area (Å²) < 4.78 is 34.6. The molecule has 5 aromatic rings. The van der Waals surface area contributed by atoms with E-state index < -0.39 is 23.9 Å². The van der Waals surface area contributed by atoms with E-state index in [2.05, 4.69) is 29.2 Å². The lowest BCUT2D eigenvalue weighted by Gasteiger charge is -2.10. The first kappa shape index (κ1) is 26.9. The predicted octanol–water partition coefficient (Wildman–Crippen LogP) is 6.61. The molecule has 0 saturated carbocycles. The van der Waals surface area contributed by atoms with Crippen LogP contribution in [-0.2, 0) is 6.73 Å². The van der Waals surface area contributed by atoms with Crippen molar-refractivity contribution in [1.29, 1.82) is 0 Å². The molecule has 40 heavy (non-hydrogen) atoms. The monoisotopic (exact) mass is 561 g/mol. The number of benzene rings is 2. The van der Waals surface area contributed by atoms with Crippen molar-refractivity contribution in [2.75, 3.05) is 5.32 Å². The van der Waals surface area contributed by atoms with E-state index in [0.29, 0.717) is 28.2 Å². The average Bonchev–Trinajstić information content (AvgIpc) is 3.57. The van der Waals surface area contributed by atoms with Gasteiger partial charge in [0.1, 0.15) is 21.2 Å². The Morgan fingerprint density at radius 3 is 2.45 bits per heavy atom. The minimum absolute atomic E-state index is 0.00735. The van der Waals surface area contributed by atoms with E-state index >= 15 is 0 Å². The second kappa shape index (κ2) is 11.2.